The van der Waals surface area contributed by atoms with Crippen LogP contribution in [0.15, 0.2) is 65.7 Å². The molecule has 2 N–H and O–H groups in total. The molecule has 2 aromatic carbocycles. The second-order valence-electron chi connectivity index (χ2n) is 6.23. The van der Waals surface area contributed by atoms with Gasteiger partial charge in [-0.05, 0) is 60.9 Å². The Bertz CT molecular complexity index is 1050. The fourth-order valence-corrected chi connectivity index (χ4v) is 3.91. The van der Waals surface area contributed by atoms with E-state index in [1.54, 1.807) is 25.3 Å². The number of sulfonamides is 1. The van der Waals surface area contributed by atoms with E-state index in [1.165, 1.54) is 23.3 Å². The highest BCUT2D eigenvalue weighted by Crippen LogP contribution is 2.20. The van der Waals surface area contributed by atoms with Gasteiger partial charge in [-0.2, -0.15) is 0 Å². The van der Waals surface area contributed by atoms with Crippen molar-refractivity contribution in [1.82, 2.24) is 4.98 Å². The van der Waals surface area contributed by atoms with Crippen LogP contribution in [-0.2, 0) is 16.6 Å². The van der Waals surface area contributed by atoms with Gasteiger partial charge in [0.25, 0.3) is 10.0 Å². The molecule has 7 heteroatoms. The zero-order chi connectivity index (χ0) is 19.4. The number of halogens is 1. The first-order valence-corrected chi connectivity index (χ1v) is 9.87. The maximum Gasteiger partial charge on any atom is 0.263 e. The second-order valence-corrected chi connectivity index (χ2v) is 7.88. The summed E-state index contributed by atoms with van der Waals surface area (Å²) in [6.07, 6.45) is 1.56. The summed E-state index contributed by atoms with van der Waals surface area (Å²) in [6, 6.07) is 14.9. The average molecular weight is 385 g/mol. The third-order valence-electron chi connectivity index (χ3n) is 4.17. The first kappa shape index (κ1) is 18.8. The molecule has 0 bridgehead atoms. The van der Waals surface area contributed by atoms with Gasteiger partial charge in [0.2, 0.25) is 0 Å². The topological polar surface area (TPSA) is 71.1 Å². The largest absolute Gasteiger partial charge is 0.380 e. The number of aryl methyl sites for hydroxylation is 2. The Labute approximate surface area is 158 Å². The molecule has 0 unspecified atom stereocenters. The highest BCUT2D eigenvalue weighted by molar-refractivity contribution is 7.92. The molecule has 1 aromatic heterocycles. The lowest BCUT2D eigenvalue weighted by Crippen LogP contribution is -2.15. The Morgan fingerprint density at radius 3 is 2.44 bits per heavy atom. The molecule has 140 valence electrons. The molecule has 0 aliphatic carbocycles. The van der Waals surface area contributed by atoms with Crippen LogP contribution >= 0.6 is 0 Å². The lowest BCUT2D eigenvalue weighted by atomic mass is 10.1. The lowest BCUT2D eigenvalue weighted by Gasteiger charge is -2.11. The first-order valence-electron chi connectivity index (χ1n) is 8.38. The summed E-state index contributed by atoms with van der Waals surface area (Å²) in [5, 5.41) is 3.26. The van der Waals surface area contributed by atoms with Crippen LogP contribution in [0.25, 0.3) is 0 Å². The van der Waals surface area contributed by atoms with Gasteiger partial charge in [0.1, 0.15) is 11.6 Å². The van der Waals surface area contributed by atoms with Crippen LogP contribution in [0.5, 0.6) is 0 Å². The predicted molar refractivity (Wildman–Crippen MR) is 105 cm³/mol. The summed E-state index contributed by atoms with van der Waals surface area (Å²) >= 11 is 0. The van der Waals surface area contributed by atoms with Crippen LogP contribution < -0.4 is 10.0 Å². The summed E-state index contributed by atoms with van der Waals surface area (Å²) in [5.41, 5.74) is 3.48. The molecule has 0 amide bonds. The number of anilines is 2. The molecule has 3 rings (SSSR count). The van der Waals surface area contributed by atoms with Gasteiger partial charge in [-0.3, -0.25) is 4.72 Å². The fraction of sp³-hybridized carbons (Fsp3) is 0.150. The van der Waals surface area contributed by atoms with Gasteiger partial charge < -0.3 is 5.32 Å². The van der Waals surface area contributed by atoms with E-state index in [4.69, 9.17) is 0 Å². The monoisotopic (exact) mass is 385 g/mol. The number of rotatable bonds is 6. The quantitative estimate of drug-likeness (QED) is 0.665. The van der Waals surface area contributed by atoms with Gasteiger partial charge in [0.15, 0.2) is 0 Å². The lowest BCUT2D eigenvalue weighted by molar-refractivity contribution is 0.598. The summed E-state index contributed by atoms with van der Waals surface area (Å²) in [7, 11) is -3.83. The average Bonchev–Trinajstić information content (AvgIpc) is 2.61. The summed E-state index contributed by atoms with van der Waals surface area (Å²) < 4.78 is 40.6. The molecule has 5 nitrogen and oxygen atoms in total. The molecule has 0 atom stereocenters. The van der Waals surface area contributed by atoms with E-state index in [1.807, 2.05) is 31.2 Å². The van der Waals surface area contributed by atoms with Gasteiger partial charge >= 0.3 is 0 Å². The minimum Gasteiger partial charge on any atom is -0.380 e. The molecule has 1 heterocycles. The molecule has 0 spiro atoms. The van der Waals surface area contributed by atoms with E-state index in [9.17, 15) is 12.8 Å². The van der Waals surface area contributed by atoms with Gasteiger partial charge in [-0.15, -0.1) is 0 Å². The third kappa shape index (κ3) is 4.62. The number of aromatic nitrogens is 1. The van der Waals surface area contributed by atoms with Crippen molar-refractivity contribution < 1.29 is 12.8 Å². The molecule has 0 aliphatic rings. The molecule has 0 aliphatic heterocycles. The number of nitrogens with zero attached hydrogens (tertiary/aromatic N) is 1. The smallest absolute Gasteiger partial charge is 0.263 e. The number of hydrogen-bond acceptors (Lipinski definition) is 4. The number of hydrogen-bond donors (Lipinski definition) is 2. The summed E-state index contributed by atoms with van der Waals surface area (Å²) in [4.78, 5) is 4.17. The Balaban J connectivity index is 1.69. The fourth-order valence-electron chi connectivity index (χ4n) is 2.67. The van der Waals surface area contributed by atoms with E-state index in [0.29, 0.717) is 12.1 Å². The SMILES string of the molecule is Cc1ccccc1CNc1ccc(NS(=O)(=O)c2ccc(F)cc2C)nc1. The number of benzene rings is 2. The van der Waals surface area contributed by atoms with E-state index in [-0.39, 0.29) is 10.7 Å². The van der Waals surface area contributed by atoms with Crippen molar-refractivity contribution in [2.45, 2.75) is 25.3 Å². The molecule has 0 saturated carbocycles. The summed E-state index contributed by atoms with van der Waals surface area (Å²) in [6.45, 7) is 4.24. The van der Waals surface area contributed by atoms with Crippen LogP contribution in [-0.4, -0.2) is 13.4 Å². The minimum absolute atomic E-state index is 0.0208. The molecular weight excluding hydrogens is 365 g/mol. The summed E-state index contributed by atoms with van der Waals surface area (Å²) in [5.74, 6) is -0.283. The van der Waals surface area contributed by atoms with Crippen LogP contribution in [0.3, 0.4) is 0 Å². The van der Waals surface area contributed by atoms with Crippen molar-refractivity contribution in [3.05, 3.63) is 83.3 Å². The maximum atomic E-state index is 13.2. The van der Waals surface area contributed by atoms with Crippen molar-refractivity contribution in [2.24, 2.45) is 0 Å². The normalized spacial score (nSPS) is 11.2. The zero-order valence-corrected chi connectivity index (χ0v) is 15.8. The maximum absolute atomic E-state index is 13.2. The Kier molecular flexibility index (Phi) is 5.41. The zero-order valence-electron chi connectivity index (χ0n) is 15.0. The minimum atomic E-state index is -3.83. The molecule has 0 radical (unpaired) electrons. The predicted octanol–water partition coefficient (Wildman–Crippen LogP) is 4.25. The van der Waals surface area contributed by atoms with E-state index in [2.05, 4.69) is 15.0 Å². The Morgan fingerprint density at radius 2 is 1.78 bits per heavy atom. The van der Waals surface area contributed by atoms with Crippen molar-refractivity contribution in [3.8, 4) is 0 Å². The Hall–Kier alpha value is -2.93. The highest BCUT2D eigenvalue weighted by atomic mass is 32.2. The standard InChI is InChI=1S/C20H20FN3O2S/c1-14-5-3-4-6-16(14)12-22-18-8-10-20(23-13-18)24-27(25,26)19-9-7-17(21)11-15(19)2/h3-11,13,22H,12H2,1-2H3,(H,23,24). The van der Waals surface area contributed by atoms with Gasteiger partial charge in [0.05, 0.1) is 16.8 Å². The molecular formula is C20H20FN3O2S. The van der Waals surface area contributed by atoms with E-state index >= 15 is 0 Å². The number of nitrogens with one attached hydrogen (secondary N) is 2. The van der Waals surface area contributed by atoms with Crippen molar-refractivity contribution >= 4 is 21.5 Å². The van der Waals surface area contributed by atoms with Gasteiger partial charge in [0, 0.05) is 6.54 Å². The van der Waals surface area contributed by atoms with E-state index in [0.717, 1.165) is 11.8 Å². The molecule has 27 heavy (non-hydrogen) atoms. The van der Waals surface area contributed by atoms with Crippen LogP contribution in [0.2, 0.25) is 0 Å². The molecule has 0 fully saturated rings. The van der Waals surface area contributed by atoms with Gasteiger partial charge in [-0.25, -0.2) is 17.8 Å². The highest BCUT2D eigenvalue weighted by Gasteiger charge is 2.17. The molecule has 3 aromatic rings. The van der Waals surface area contributed by atoms with Crippen molar-refractivity contribution in [3.63, 3.8) is 0 Å². The Morgan fingerprint density at radius 1 is 1.00 bits per heavy atom. The third-order valence-corrected chi connectivity index (χ3v) is 5.69. The van der Waals surface area contributed by atoms with Crippen LogP contribution in [0.4, 0.5) is 15.9 Å². The number of pyridine rings is 1. The van der Waals surface area contributed by atoms with Crippen LogP contribution in [0.1, 0.15) is 16.7 Å². The first-order chi connectivity index (χ1) is 12.8. The van der Waals surface area contributed by atoms with Gasteiger partial charge in [-0.1, -0.05) is 24.3 Å². The molecule has 0 saturated heterocycles. The van der Waals surface area contributed by atoms with Crippen molar-refractivity contribution in [1.29, 1.82) is 0 Å². The van der Waals surface area contributed by atoms with Crippen LogP contribution in [0, 0.1) is 19.7 Å². The second kappa shape index (κ2) is 7.75. The van der Waals surface area contributed by atoms with Crippen molar-refractivity contribution in [2.75, 3.05) is 10.0 Å². The van der Waals surface area contributed by atoms with E-state index < -0.39 is 15.8 Å².